The topological polar surface area (TPSA) is 55.4 Å². The van der Waals surface area contributed by atoms with Crippen LogP contribution in [0.2, 0.25) is 5.04 Å². The number of hydrogen-bond acceptors (Lipinski definition) is 3. The van der Waals surface area contributed by atoms with Crippen molar-refractivity contribution in [1.29, 1.82) is 0 Å². The maximum Gasteiger partial charge on any atom is 0.261 e. The van der Waals surface area contributed by atoms with Gasteiger partial charge in [0.2, 0.25) is 10.0 Å². The highest BCUT2D eigenvalue weighted by molar-refractivity contribution is 7.89. The van der Waals surface area contributed by atoms with Crippen LogP contribution in [0.5, 0.6) is 0 Å². The number of hydrogen-bond donors (Lipinski definition) is 1. The minimum atomic E-state index is -3.63. The first-order valence-electron chi connectivity index (χ1n) is 11.9. The van der Waals surface area contributed by atoms with Crippen molar-refractivity contribution >= 4 is 28.7 Å². The van der Waals surface area contributed by atoms with Gasteiger partial charge in [-0.25, -0.2) is 13.1 Å². The third-order valence-electron chi connectivity index (χ3n) is 6.14. The lowest BCUT2D eigenvalue weighted by molar-refractivity contribution is 0.283. The third-order valence-corrected chi connectivity index (χ3v) is 12.7. The molecular weight excluding hydrogens is 458 g/mol. The molecule has 3 rings (SSSR count). The van der Waals surface area contributed by atoms with E-state index in [0.29, 0.717) is 18.0 Å². The number of nitrogens with one attached hydrogen (secondary N) is 1. The molecule has 0 amide bonds. The first-order chi connectivity index (χ1) is 16.1. The second kappa shape index (κ2) is 11.0. The van der Waals surface area contributed by atoms with Crippen molar-refractivity contribution in [2.45, 2.75) is 57.6 Å². The summed E-state index contributed by atoms with van der Waals surface area (Å²) in [6.45, 7) is 11.5. The average Bonchev–Trinajstić information content (AvgIpc) is 2.80. The van der Waals surface area contributed by atoms with Crippen molar-refractivity contribution in [3.05, 3.63) is 90.5 Å². The highest BCUT2D eigenvalue weighted by atomic mass is 32.2. The molecule has 0 fully saturated rings. The van der Waals surface area contributed by atoms with E-state index in [0.717, 1.165) is 6.42 Å². The monoisotopic (exact) mass is 495 g/mol. The summed E-state index contributed by atoms with van der Waals surface area (Å²) in [7, 11) is -6.40. The Morgan fingerprint density at radius 1 is 0.824 bits per heavy atom. The molecule has 0 aliphatic carbocycles. The molecule has 0 saturated carbocycles. The van der Waals surface area contributed by atoms with Gasteiger partial charge in [-0.1, -0.05) is 113 Å². The van der Waals surface area contributed by atoms with Crippen molar-refractivity contribution in [3.63, 3.8) is 0 Å². The normalized spacial score (nSPS) is 12.8. The van der Waals surface area contributed by atoms with Gasteiger partial charge < -0.3 is 4.43 Å². The van der Waals surface area contributed by atoms with E-state index in [9.17, 15) is 8.42 Å². The van der Waals surface area contributed by atoms with E-state index < -0.39 is 18.3 Å². The first-order valence-corrected chi connectivity index (χ1v) is 15.3. The molecule has 0 aliphatic heterocycles. The predicted molar refractivity (Wildman–Crippen MR) is 143 cm³/mol. The van der Waals surface area contributed by atoms with Gasteiger partial charge in [0.1, 0.15) is 0 Å². The lowest BCUT2D eigenvalue weighted by Crippen LogP contribution is -2.66. The maximum atomic E-state index is 13.1. The second-order valence-electron chi connectivity index (χ2n) is 10.1. The maximum absolute atomic E-state index is 13.1. The molecule has 0 spiro atoms. The molecule has 0 bridgehead atoms. The number of benzene rings is 3. The molecule has 6 heteroatoms. The largest absolute Gasteiger partial charge is 0.403 e. The molecule has 0 heterocycles. The average molecular weight is 496 g/mol. The van der Waals surface area contributed by atoms with Gasteiger partial charge in [0.25, 0.3) is 8.32 Å². The fourth-order valence-corrected chi connectivity index (χ4v) is 10.2. The molecular formula is C28H37NO3SSi. The Labute approximate surface area is 206 Å². The van der Waals surface area contributed by atoms with E-state index in [1.165, 1.54) is 10.4 Å². The molecule has 1 N–H and O–H groups in total. The van der Waals surface area contributed by atoms with Gasteiger partial charge in [0, 0.05) is 6.54 Å². The zero-order valence-electron chi connectivity index (χ0n) is 20.9. The van der Waals surface area contributed by atoms with Crippen LogP contribution >= 0.6 is 0 Å². The van der Waals surface area contributed by atoms with Crippen LogP contribution in [0.4, 0.5) is 0 Å². The summed E-state index contributed by atoms with van der Waals surface area (Å²) in [6.07, 6.45) is 0.792. The van der Waals surface area contributed by atoms with Crippen LogP contribution in [0.3, 0.4) is 0 Å². The predicted octanol–water partition coefficient (Wildman–Crippen LogP) is 5.09. The molecule has 0 radical (unpaired) electrons. The number of sulfonamides is 1. The molecule has 182 valence electrons. The zero-order valence-corrected chi connectivity index (χ0v) is 22.7. The quantitative estimate of drug-likeness (QED) is 0.399. The SMILES string of the molecule is CC(C)CCNS(=O)(=O)c1ccccc1CO[Si](c1ccccc1)(c1ccccc1)C(C)(C)C. The van der Waals surface area contributed by atoms with Gasteiger partial charge >= 0.3 is 0 Å². The lowest BCUT2D eigenvalue weighted by Gasteiger charge is -2.43. The van der Waals surface area contributed by atoms with Gasteiger partial charge in [-0.3, -0.25) is 0 Å². The molecule has 0 atom stereocenters. The van der Waals surface area contributed by atoms with Crippen molar-refractivity contribution in [3.8, 4) is 0 Å². The van der Waals surface area contributed by atoms with Crippen LogP contribution in [0.1, 0.15) is 46.6 Å². The summed E-state index contributed by atoms with van der Waals surface area (Å²) in [5, 5.41) is 2.16. The Balaban J connectivity index is 2.03. The summed E-state index contributed by atoms with van der Waals surface area (Å²) >= 11 is 0. The van der Waals surface area contributed by atoms with Gasteiger partial charge in [0.05, 0.1) is 11.5 Å². The number of rotatable bonds is 10. The van der Waals surface area contributed by atoms with E-state index in [4.69, 9.17) is 4.43 Å². The van der Waals surface area contributed by atoms with Crippen molar-refractivity contribution < 1.29 is 12.8 Å². The molecule has 4 nitrogen and oxygen atoms in total. The Bertz CT molecular complexity index is 1120. The molecule has 0 unspecified atom stereocenters. The van der Waals surface area contributed by atoms with E-state index in [1.807, 2.05) is 48.5 Å². The Kier molecular flexibility index (Phi) is 8.52. The van der Waals surface area contributed by atoms with E-state index in [2.05, 4.69) is 63.6 Å². The molecule has 34 heavy (non-hydrogen) atoms. The summed E-state index contributed by atoms with van der Waals surface area (Å²) in [6, 6.07) is 27.9. The van der Waals surface area contributed by atoms with Crippen molar-refractivity contribution in [2.75, 3.05) is 6.54 Å². The van der Waals surface area contributed by atoms with Crippen LogP contribution < -0.4 is 15.1 Å². The zero-order chi connectivity index (χ0) is 24.8. The molecule has 0 saturated heterocycles. The fourth-order valence-electron chi connectivity index (χ4n) is 4.39. The standard InChI is InChI=1S/C28H37NO3SSi/c1-23(2)20-21-29-33(30,31)27-19-13-12-14-24(27)22-32-34(28(3,4)5,25-15-8-6-9-16-25)26-17-10-7-11-18-26/h6-19,23,29H,20-22H2,1-5H3. The molecule has 3 aromatic carbocycles. The molecule has 0 aromatic heterocycles. The van der Waals surface area contributed by atoms with Gasteiger partial charge in [0.15, 0.2) is 0 Å². The third kappa shape index (κ3) is 5.86. The summed E-state index contributed by atoms with van der Waals surface area (Å²) in [4.78, 5) is 0.289. The van der Waals surface area contributed by atoms with E-state index in [-0.39, 0.29) is 16.5 Å². The van der Waals surface area contributed by atoms with Crippen LogP contribution in [-0.2, 0) is 21.1 Å². The van der Waals surface area contributed by atoms with Crippen molar-refractivity contribution in [1.82, 2.24) is 4.72 Å². The minimum Gasteiger partial charge on any atom is -0.403 e. The van der Waals surface area contributed by atoms with Crippen LogP contribution in [-0.4, -0.2) is 23.3 Å². The smallest absolute Gasteiger partial charge is 0.261 e. The summed E-state index contributed by atoms with van der Waals surface area (Å²) < 4.78 is 36.0. The highest BCUT2D eigenvalue weighted by Gasteiger charge is 2.50. The van der Waals surface area contributed by atoms with Crippen LogP contribution in [0.15, 0.2) is 89.8 Å². The second-order valence-corrected chi connectivity index (χ2v) is 16.2. The Morgan fingerprint density at radius 3 is 1.82 bits per heavy atom. The Hall–Kier alpha value is -2.25. The van der Waals surface area contributed by atoms with Gasteiger partial charge in [-0.15, -0.1) is 0 Å². The van der Waals surface area contributed by atoms with Crippen LogP contribution in [0.25, 0.3) is 0 Å². The van der Waals surface area contributed by atoms with Gasteiger partial charge in [-0.05, 0) is 39.4 Å². The summed E-state index contributed by atoms with van der Waals surface area (Å²) in [5.74, 6) is 0.427. The van der Waals surface area contributed by atoms with Gasteiger partial charge in [-0.2, -0.15) is 0 Å². The van der Waals surface area contributed by atoms with E-state index in [1.54, 1.807) is 12.1 Å². The first kappa shape index (κ1) is 26.4. The lowest BCUT2D eigenvalue weighted by atomic mass is 10.1. The minimum absolute atomic E-state index is 0.182. The van der Waals surface area contributed by atoms with Crippen molar-refractivity contribution in [2.24, 2.45) is 5.92 Å². The van der Waals surface area contributed by atoms with Crippen LogP contribution in [0, 0.1) is 5.92 Å². The van der Waals surface area contributed by atoms with E-state index >= 15 is 0 Å². The highest BCUT2D eigenvalue weighted by Crippen LogP contribution is 2.37. The summed E-state index contributed by atoms with van der Waals surface area (Å²) in [5.41, 5.74) is 0.674. The molecule has 3 aromatic rings. The molecule has 0 aliphatic rings. The fraction of sp³-hybridized carbons (Fsp3) is 0.357. The Morgan fingerprint density at radius 2 is 1.32 bits per heavy atom.